The summed E-state index contributed by atoms with van der Waals surface area (Å²) in [6.07, 6.45) is 0.582. The zero-order valence-electron chi connectivity index (χ0n) is 10.7. The molecular formula is C13H21ClN2O3. The van der Waals surface area contributed by atoms with Gasteiger partial charge in [0.2, 0.25) is 0 Å². The van der Waals surface area contributed by atoms with Crippen LogP contribution in [0.1, 0.15) is 18.0 Å². The molecule has 1 fully saturated rings. The van der Waals surface area contributed by atoms with Gasteiger partial charge in [-0.1, -0.05) is 6.07 Å². The van der Waals surface area contributed by atoms with E-state index in [4.69, 9.17) is 0 Å². The van der Waals surface area contributed by atoms with Crippen LogP contribution in [0.2, 0.25) is 0 Å². The van der Waals surface area contributed by atoms with Gasteiger partial charge in [-0.3, -0.25) is 4.90 Å². The van der Waals surface area contributed by atoms with Crippen molar-refractivity contribution in [2.45, 2.75) is 12.5 Å². The van der Waals surface area contributed by atoms with E-state index in [0.29, 0.717) is 6.42 Å². The van der Waals surface area contributed by atoms with E-state index < -0.39 is 0 Å². The number of nitrogens with one attached hydrogen (secondary N) is 1. The first-order chi connectivity index (χ1) is 8.72. The molecule has 0 bridgehead atoms. The molecule has 1 heterocycles. The highest BCUT2D eigenvalue weighted by atomic mass is 35.5. The van der Waals surface area contributed by atoms with Gasteiger partial charge in [0, 0.05) is 50.5 Å². The van der Waals surface area contributed by atoms with Crippen molar-refractivity contribution in [3.63, 3.8) is 0 Å². The minimum absolute atomic E-state index is 0. The van der Waals surface area contributed by atoms with Crippen molar-refractivity contribution in [2.75, 3.05) is 32.8 Å². The fourth-order valence-electron chi connectivity index (χ4n) is 2.46. The third kappa shape index (κ3) is 3.98. The van der Waals surface area contributed by atoms with Crippen molar-refractivity contribution in [1.82, 2.24) is 10.2 Å². The number of phenolic OH excluding ortho intramolecular Hbond substituents is 2. The molecular weight excluding hydrogens is 268 g/mol. The van der Waals surface area contributed by atoms with Gasteiger partial charge in [0.1, 0.15) is 11.5 Å². The molecule has 1 saturated heterocycles. The first kappa shape index (κ1) is 16.0. The molecule has 0 spiro atoms. The maximum Gasteiger partial charge on any atom is 0.124 e. The fourth-order valence-corrected chi connectivity index (χ4v) is 2.46. The third-order valence-corrected chi connectivity index (χ3v) is 3.37. The minimum Gasteiger partial charge on any atom is -0.508 e. The molecule has 1 aliphatic heterocycles. The van der Waals surface area contributed by atoms with Gasteiger partial charge in [0.05, 0.1) is 0 Å². The number of aromatic hydroxyl groups is 2. The monoisotopic (exact) mass is 288 g/mol. The summed E-state index contributed by atoms with van der Waals surface area (Å²) in [6.45, 7) is 3.70. The van der Waals surface area contributed by atoms with Crippen molar-refractivity contribution in [3.8, 4) is 11.5 Å². The van der Waals surface area contributed by atoms with Crippen molar-refractivity contribution in [1.29, 1.82) is 0 Å². The van der Waals surface area contributed by atoms with Gasteiger partial charge in [-0.25, -0.2) is 0 Å². The number of phenols is 2. The molecule has 0 saturated carbocycles. The second-order valence-electron chi connectivity index (χ2n) is 4.56. The Balaban J connectivity index is 0.00000180. The second kappa shape index (κ2) is 7.55. The number of hydrogen-bond donors (Lipinski definition) is 4. The first-order valence-corrected chi connectivity index (χ1v) is 6.30. The summed E-state index contributed by atoms with van der Waals surface area (Å²) in [5.41, 5.74) is 0.767. The van der Waals surface area contributed by atoms with Gasteiger partial charge in [-0.05, 0) is 12.5 Å². The van der Waals surface area contributed by atoms with Crippen LogP contribution >= 0.6 is 12.4 Å². The van der Waals surface area contributed by atoms with E-state index in [1.54, 1.807) is 12.1 Å². The molecule has 1 atom stereocenters. The molecule has 1 aromatic rings. The number of hydrogen-bond acceptors (Lipinski definition) is 5. The number of piperazine rings is 1. The highest BCUT2D eigenvalue weighted by molar-refractivity contribution is 5.85. The van der Waals surface area contributed by atoms with Crippen LogP contribution < -0.4 is 5.32 Å². The van der Waals surface area contributed by atoms with Crippen LogP contribution in [0.4, 0.5) is 0 Å². The van der Waals surface area contributed by atoms with E-state index in [-0.39, 0.29) is 36.6 Å². The van der Waals surface area contributed by atoms with E-state index in [9.17, 15) is 15.3 Å². The summed E-state index contributed by atoms with van der Waals surface area (Å²) in [6, 6.07) is 4.65. The topological polar surface area (TPSA) is 76.0 Å². The highest BCUT2D eigenvalue weighted by Gasteiger charge is 2.24. The molecule has 0 aromatic heterocycles. The Morgan fingerprint density at radius 1 is 1.21 bits per heavy atom. The lowest BCUT2D eigenvalue weighted by atomic mass is 10.00. The van der Waals surface area contributed by atoms with Crippen molar-refractivity contribution in [2.24, 2.45) is 0 Å². The van der Waals surface area contributed by atoms with E-state index in [2.05, 4.69) is 10.2 Å². The standard InChI is InChI=1S/C13H20N2O3.ClH/c16-8-3-12(15-6-4-14-5-7-15)11-2-1-10(17)9-13(11)18;/h1-2,9,12,14,16-18H,3-8H2;1H/t12-;/m0./s1. The lowest BCUT2D eigenvalue weighted by Crippen LogP contribution is -2.45. The Morgan fingerprint density at radius 3 is 2.47 bits per heavy atom. The van der Waals surface area contributed by atoms with E-state index in [0.717, 1.165) is 31.7 Å². The largest absolute Gasteiger partial charge is 0.508 e. The first-order valence-electron chi connectivity index (χ1n) is 6.30. The van der Waals surface area contributed by atoms with E-state index >= 15 is 0 Å². The number of nitrogens with zero attached hydrogens (tertiary/aromatic N) is 1. The predicted octanol–water partition coefficient (Wildman–Crippen LogP) is 0.848. The van der Waals surface area contributed by atoms with Gasteiger partial charge in [0.15, 0.2) is 0 Å². The minimum atomic E-state index is -0.00213. The molecule has 108 valence electrons. The van der Waals surface area contributed by atoms with Crippen LogP contribution in [0, 0.1) is 0 Å². The zero-order chi connectivity index (χ0) is 13.0. The number of rotatable bonds is 4. The van der Waals surface area contributed by atoms with Crippen LogP contribution in [-0.2, 0) is 0 Å². The van der Waals surface area contributed by atoms with Crippen molar-refractivity contribution >= 4 is 12.4 Å². The summed E-state index contributed by atoms with van der Waals surface area (Å²) < 4.78 is 0. The summed E-state index contributed by atoms with van der Waals surface area (Å²) >= 11 is 0. The molecule has 4 N–H and O–H groups in total. The van der Waals surface area contributed by atoms with E-state index in [1.807, 2.05) is 0 Å². The summed E-state index contributed by atoms with van der Waals surface area (Å²) in [5, 5.41) is 31.7. The molecule has 0 radical (unpaired) electrons. The maximum atomic E-state index is 9.94. The molecule has 2 rings (SSSR count). The van der Waals surface area contributed by atoms with Crippen LogP contribution in [0.25, 0.3) is 0 Å². The number of aliphatic hydroxyl groups excluding tert-OH is 1. The predicted molar refractivity (Wildman–Crippen MR) is 75.9 cm³/mol. The molecule has 1 aliphatic rings. The Hall–Kier alpha value is -1.01. The Bertz CT molecular complexity index is 397. The molecule has 0 aliphatic carbocycles. The van der Waals surface area contributed by atoms with Crippen LogP contribution in [0.5, 0.6) is 11.5 Å². The molecule has 0 amide bonds. The third-order valence-electron chi connectivity index (χ3n) is 3.37. The summed E-state index contributed by atoms with van der Waals surface area (Å²) in [7, 11) is 0. The summed E-state index contributed by atoms with van der Waals surface area (Å²) in [4.78, 5) is 2.25. The maximum absolute atomic E-state index is 9.94. The fraction of sp³-hybridized carbons (Fsp3) is 0.538. The van der Waals surface area contributed by atoms with Crippen molar-refractivity contribution in [3.05, 3.63) is 23.8 Å². The average molecular weight is 289 g/mol. The van der Waals surface area contributed by atoms with Gasteiger partial charge >= 0.3 is 0 Å². The van der Waals surface area contributed by atoms with Crippen LogP contribution in [0.3, 0.4) is 0 Å². The SMILES string of the molecule is Cl.OCC[C@@H](c1ccc(O)cc1O)N1CCNCC1. The van der Waals surface area contributed by atoms with Gasteiger partial charge in [-0.15, -0.1) is 12.4 Å². The van der Waals surface area contributed by atoms with Crippen LogP contribution in [0.15, 0.2) is 18.2 Å². The second-order valence-corrected chi connectivity index (χ2v) is 4.56. The Morgan fingerprint density at radius 2 is 1.89 bits per heavy atom. The normalized spacial score (nSPS) is 17.7. The summed E-state index contributed by atoms with van der Waals surface area (Å²) in [5.74, 6) is 0.145. The average Bonchev–Trinajstić information content (AvgIpc) is 2.38. The van der Waals surface area contributed by atoms with Crippen LogP contribution in [-0.4, -0.2) is 53.0 Å². The lowest BCUT2D eigenvalue weighted by Gasteiger charge is -2.35. The molecule has 5 nitrogen and oxygen atoms in total. The lowest BCUT2D eigenvalue weighted by molar-refractivity contribution is 0.139. The Labute approximate surface area is 119 Å². The molecule has 0 unspecified atom stereocenters. The van der Waals surface area contributed by atoms with Gasteiger partial charge in [0.25, 0.3) is 0 Å². The van der Waals surface area contributed by atoms with Gasteiger partial charge in [-0.2, -0.15) is 0 Å². The van der Waals surface area contributed by atoms with Crippen molar-refractivity contribution < 1.29 is 15.3 Å². The van der Waals surface area contributed by atoms with E-state index in [1.165, 1.54) is 6.07 Å². The molecule has 19 heavy (non-hydrogen) atoms. The number of halogens is 1. The smallest absolute Gasteiger partial charge is 0.124 e. The highest BCUT2D eigenvalue weighted by Crippen LogP contribution is 2.33. The molecule has 1 aromatic carbocycles. The number of benzene rings is 1. The Kier molecular flexibility index (Phi) is 6.37. The number of aliphatic hydroxyl groups is 1. The van der Waals surface area contributed by atoms with Gasteiger partial charge < -0.3 is 20.6 Å². The molecule has 6 heteroatoms. The zero-order valence-corrected chi connectivity index (χ0v) is 11.6. The quantitative estimate of drug-likeness (QED) is 0.661.